The number of anilines is 1. The maximum atomic E-state index is 14.8. The van der Waals surface area contributed by atoms with Gasteiger partial charge in [0.25, 0.3) is 0 Å². The zero-order valence-electron chi connectivity index (χ0n) is 24.7. The molecule has 15 heteroatoms. The average molecular weight is 632 g/mol. The molecule has 3 rings (SSSR count). The smallest absolute Gasteiger partial charge is 0.475 e. The minimum Gasteiger partial charge on any atom is -0.475 e. The highest BCUT2D eigenvalue weighted by Crippen LogP contribution is 2.37. The fourth-order valence-electron chi connectivity index (χ4n) is 4.00. The lowest BCUT2D eigenvalue weighted by molar-refractivity contribution is -0.192. The van der Waals surface area contributed by atoms with E-state index in [0.717, 1.165) is 12.1 Å². The number of halogens is 5. The second kappa shape index (κ2) is 14.4. The number of ether oxygens (including phenoxy) is 2. The van der Waals surface area contributed by atoms with Crippen LogP contribution in [0.15, 0.2) is 36.5 Å². The largest absolute Gasteiger partial charge is 0.490 e. The number of hydrogen-bond donors (Lipinski definition) is 3. The molecule has 1 aromatic carbocycles. The van der Waals surface area contributed by atoms with Crippen LogP contribution in [0.25, 0.3) is 11.1 Å². The van der Waals surface area contributed by atoms with Gasteiger partial charge in [-0.1, -0.05) is 25.5 Å². The summed E-state index contributed by atoms with van der Waals surface area (Å²) in [7, 11) is 0. The number of alkyl halides is 5. The van der Waals surface area contributed by atoms with Crippen molar-refractivity contribution in [1.29, 1.82) is 0 Å². The van der Waals surface area contributed by atoms with Gasteiger partial charge in [-0.25, -0.2) is 14.4 Å². The number of alkyl carbamates (subject to hydrolysis) is 1. The first-order valence-corrected chi connectivity index (χ1v) is 13.5. The number of carbonyl (C=O) groups is 4. The zero-order chi connectivity index (χ0) is 33.5. The van der Waals surface area contributed by atoms with Crippen molar-refractivity contribution < 1.29 is 55.7 Å². The third-order valence-electron chi connectivity index (χ3n) is 6.13. The first kappa shape index (κ1) is 35.9. The standard InChI is InChI=1S/C27H33F2N3O5.C2HF3O2/c1-6-36-24(34)27(28,29)18-10-11-19-17-12-13-30-22(14-17)20(32-25(35)37-26(3,4)5)9-7-8-16(2)23(33)31-21(19)15-18;3-2(4,5)1(6)7/h10-16,20H,6-9H2,1-5H3,(H,31,33)(H,32,35);(H,6,7)/t16-,20+;/m1./s1. The van der Waals surface area contributed by atoms with E-state index >= 15 is 0 Å². The summed E-state index contributed by atoms with van der Waals surface area (Å²) in [6.07, 6.45) is -2.52. The van der Waals surface area contributed by atoms with Crippen LogP contribution in [-0.2, 0) is 29.8 Å². The topological polar surface area (TPSA) is 144 Å². The Morgan fingerprint density at radius 2 is 1.70 bits per heavy atom. The number of aromatic nitrogens is 1. The van der Waals surface area contributed by atoms with E-state index in [4.69, 9.17) is 14.6 Å². The van der Waals surface area contributed by atoms with Gasteiger partial charge in [0.15, 0.2) is 0 Å². The molecule has 0 fully saturated rings. The number of amides is 2. The lowest BCUT2D eigenvalue weighted by Crippen LogP contribution is -2.35. The number of carboxylic acid groups (broad SMARTS) is 1. The summed E-state index contributed by atoms with van der Waals surface area (Å²) in [6, 6.07) is 6.58. The summed E-state index contributed by atoms with van der Waals surface area (Å²) in [5.41, 5.74) is 0.477. The van der Waals surface area contributed by atoms with Crippen molar-refractivity contribution in [3.8, 4) is 11.1 Å². The molecule has 3 N–H and O–H groups in total. The van der Waals surface area contributed by atoms with Crippen LogP contribution in [0.1, 0.15) is 71.2 Å². The summed E-state index contributed by atoms with van der Waals surface area (Å²) in [5.74, 6) is -9.09. The molecule has 0 saturated heterocycles. The molecule has 10 nitrogen and oxygen atoms in total. The Hall–Kier alpha value is -4.30. The van der Waals surface area contributed by atoms with Crippen molar-refractivity contribution in [2.24, 2.45) is 5.92 Å². The summed E-state index contributed by atoms with van der Waals surface area (Å²) in [5, 5.41) is 12.7. The molecule has 0 saturated carbocycles. The number of rotatable bonds is 4. The Morgan fingerprint density at radius 1 is 1.07 bits per heavy atom. The molecule has 1 aliphatic heterocycles. The third kappa shape index (κ3) is 10.2. The van der Waals surface area contributed by atoms with Crippen LogP contribution >= 0.6 is 0 Å². The molecule has 1 aliphatic rings. The second-order valence-corrected chi connectivity index (χ2v) is 10.8. The molecule has 2 heterocycles. The van der Waals surface area contributed by atoms with Crippen LogP contribution in [0, 0.1) is 5.92 Å². The Morgan fingerprint density at radius 3 is 2.27 bits per heavy atom. The van der Waals surface area contributed by atoms with Crippen LogP contribution in [-0.4, -0.2) is 52.4 Å². The van der Waals surface area contributed by atoms with Crippen molar-refractivity contribution in [2.75, 3.05) is 11.9 Å². The molecule has 2 aromatic rings. The Kier molecular flexibility index (Phi) is 11.8. The van der Waals surface area contributed by atoms with Gasteiger partial charge in [-0.15, -0.1) is 0 Å². The molecular weight excluding hydrogens is 597 g/mol. The number of nitrogens with zero attached hydrogens (tertiary/aromatic N) is 1. The van der Waals surface area contributed by atoms with Gasteiger partial charge >= 0.3 is 30.1 Å². The first-order valence-electron chi connectivity index (χ1n) is 13.5. The fourth-order valence-corrected chi connectivity index (χ4v) is 4.00. The zero-order valence-corrected chi connectivity index (χ0v) is 24.7. The van der Waals surface area contributed by atoms with E-state index < -0.39 is 53.3 Å². The van der Waals surface area contributed by atoms with Gasteiger partial charge in [0.2, 0.25) is 5.91 Å². The maximum Gasteiger partial charge on any atom is 0.490 e. The lowest BCUT2D eigenvalue weighted by atomic mass is 9.94. The first-order chi connectivity index (χ1) is 20.3. The lowest BCUT2D eigenvalue weighted by Gasteiger charge is -2.25. The quantitative estimate of drug-likeness (QED) is 0.261. The van der Waals surface area contributed by atoms with Crippen LogP contribution in [0.4, 0.5) is 32.4 Å². The van der Waals surface area contributed by atoms with Crippen LogP contribution in [0.2, 0.25) is 0 Å². The number of nitrogens with one attached hydrogen (secondary N) is 2. The van der Waals surface area contributed by atoms with Crippen LogP contribution in [0.3, 0.4) is 0 Å². The molecule has 0 radical (unpaired) electrons. The van der Waals surface area contributed by atoms with Gasteiger partial charge < -0.3 is 25.2 Å². The van der Waals surface area contributed by atoms with Crippen molar-refractivity contribution in [3.05, 3.63) is 47.8 Å². The summed E-state index contributed by atoms with van der Waals surface area (Å²) >= 11 is 0. The van der Waals surface area contributed by atoms with Gasteiger partial charge in [-0.2, -0.15) is 22.0 Å². The molecule has 0 unspecified atom stereocenters. The highest BCUT2D eigenvalue weighted by molar-refractivity contribution is 5.97. The van der Waals surface area contributed by atoms with Crippen molar-refractivity contribution in [1.82, 2.24) is 10.3 Å². The van der Waals surface area contributed by atoms with Crippen LogP contribution < -0.4 is 10.6 Å². The number of hydrogen-bond acceptors (Lipinski definition) is 7. The fraction of sp³-hybridized carbons (Fsp3) is 0.483. The number of carboxylic acids is 1. The predicted octanol–water partition coefficient (Wildman–Crippen LogP) is 6.36. The van der Waals surface area contributed by atoms with Gasteiger partial charge in [-0.3, -0.25) is 9.78 Å². The monoisotopic (exact) mass is 631 g/mol. The molecule has 0 aliphatic carbocycles. The highest BCUT2D eigenvalue weighted by Gasteiger charge is 2.43. The Balaban J connectivity index is 0.000000860. The molecular formula is C29H34F5N3O7. The van der Waals surface area contributed by atoms with E-state index in [-0.39, 0.29) is 18.2 Å². The SMILES string of the molecule is CCOC(=O)C(F)(F)c1ccc2c(c1)NC(=O)[C@H](C)CCC[C@H](NC(=O)OC(C)(C)C)c1cc-2ccn1.O=C(O)C(F)(F)F. The van der Waals surface area contributed by atoms with Gasteiger partial charge in [0, 0.05) is 28.9 Å². The van der Waals surface area contributed by atoms with Gasteiger partial charge in [0.1, 0.15) is 5.60 Å². The minimum atomic E-state index is -5.08. The van der Waals surface area contributed by atoms with Crippen molar-refractivity contribution >= 4 is 29.6 Å². The van der Waals surface area contributed by atoms with E-state index in [2.05, 4.69) is 20.4 Å². The predicted molar refractivity (Wildman–Crippen MR) is 148 cm³/mol. The maximum absolute atomic E-state index is 14.8. The number of fused-ring (bicyclic) bond motifs is 4. The van der Waals surface area contributed by atoms with Gasteiger partial charge in [-0.05, 0) is 64.3 Å². The third-order valence-corrected chi connectivity index (χ3v) is 6.13. The van der Waals surface area contributed by atoms with Crippen molar-refractivity contribution in [2.45, 2.75) is 77.6 Å². The molecule has 242 valence electrons. The Bertz CT molecular complexity index is 1360. The van der Waals surface area contributed by atoms with Crippen molar-refractivity contribution in [3.63, 3.8) is 0 Å². The molecule has 44 heavy (non-hydrogen) atoms. The van der Waals surface area contributed by atoms with E-state index in [0.29, 0.717) is 36.1 Å². The van der Waals surface area contributed by atoms with E-state index in [1.165, 1.54) is 13.0 Å². The van der Waals surface area contributed by atoms with E-state index in [1.807, 2.05) is 0 Å². The minimum absolute atomic E-state index is 0.132. The molecule has 2 amide bonds. The Labute approximate surface area is 250 Å². The normalized spacial score (nSPS) is 17.3. The van der Waals surface area contributed by atoms with E-state index in [9.17, 15) is 36.3 Å². The molecule has 2 atom stereocenters. The average Bonchev–Trinajstić information content (AvgIpc) is 2.90. The summed E-state index contributed by atoms with van der Waals surface area (Å²) < 4.78 is 71.2. The van der Waals surface area contributed by atoms with E-state index in [1.54, 1.807) is 46.0 Å². The summed E-state index contributed by atoms with van der Waals surface area (Å²) in [4.78, 5) is 50.7. The molecule has 0 spiro atoms. The number of aliphatic carboxylic acids is 1. The number of pyridine rings is 1. The second-order valence-electron chi connectivity index (χ2n) is 10.8. The number of benzene rings is 1. The van der Waals surface area contributed by atoms with Crippen LogP contribution in [0.5, 0.6) is 0 Å². The number of carbonyl (C=O) groups excluding carboxylic acids is 3. The van der Waals surface area contributed by atoms with Gasteiger partial charge in [0.05, 0.1) is 18.3 Å². The molecule has 2 bridgehead atoms. The summed E-state index contributed by atoms with van der Waals surface area (Å²) in [6.45, 7) is 8.30. The number of esters is 1. The highest BCUT2D eigenvalue weighted by atomic mass is 19.4. The molecule has 1 aromatic heterocycles.